The van der Waals surface area contributed by atoms with Crippen LogP contribution in [0.3, 0.4) is 0 Å². The standard InChI is InChI=1S/C49H76O12S/c1-3-5-7-9-11-13-15-17-19-20-21-22-23-25-27-29-31-33-35-37-39-57-41-43(42-58-49-47(53)48(61-62(54,55)56)46(52)44(40-50)60-49)59-45(51)38-36-34-32-30-28-26-24-18-16-14-12-10-8-6-4-2/h5-8,11-14,17-19,21-22,24-25,27-28,30-31,33,43-44,46-50,52-53H,3-4,9-10,15-16,20,23,26,29,32,34-42H2,1-2H3,(H,54,55,56)/b7-5-,8-6-,13-11-,14-12-,19-17-,22-21-,24-18-,27-25-,30-28-,33-31-. The molecule has 1 saturated heterocycles. The first-order valence-corrected chi connectivity index (χ1v) is 23.7. The van der Waals surface area contributed by atoms with Crippen LogP contribution in [0.4, 0.5) is 0 Å². The van der Waals surface area contributed by atoms with Crippen molar-refractivity contribution in [3.8, 4) is 0 Å². The summed E-state index contributed by atoms with van der Waals surface area (Å²) < 4.78 is 58.9. The molecule has 0 bridgehead atoms. The van der Waals surface area contributed by atoms with Crippen molar-refractivity contribution < 1.29 is 56.2 Å². The van der Waals surface area contributed by atoms with E-state index in [1.807, 2.05) is 0 Å². The van der Waals surface area contributed by atoms with Gasteiger partial charge < -0.3 is 34.3 Å². The summed E-state index contributed by atoms with van der Waals surface area (Å²) in [5.74, 6) is -0.466. The molecule has 1 rings (SSSR count). The molecule has 0 aromatic carbocycles. The Bertz CT molecular complexity index is 1540. The molecule has 1 aliphatic rings. The summed E-state index contributed by atoms with van der Waals surface area (Å²) in [6, 6.07) is 0. The van der Waals surface area contributed by atoms with Crippen molar-refractivity contribution in [2.45, 2.75) is 153 Å². The lowest BCUT2D eigenvalue weighted by Gasteiger charge is -2.41. The van der Waals surface area contributed by atoms with Gasteiger partial charge in [-0.25, -0.2) is 4.18 Å². The summed E-state index contributed by atoms with van der Waals surface area (Å²) in [6.07, 6.45) is 46.8. The molecule has 350 valence electrons. The molecule has 1 fully saturated rings. The number of carbonyl (C=O) groups excluding carboxylic acids is 1. The first kappa shape index (κ1) is 56.5. The average Bonchev–Trinajstić information content (AvgIpc) is 3.24. The van der Waals surface area contributed by atoms with Crippen molar-refractivity contribution in [1.82, 2.24) is 0 Å². The molecule has 62 heavy (non-hydrogen) atoms. The molecule has 0 spiro atoms. The van der Waals surface area contributed by atoms with Gasteiger partial charge in [-0.1, -0.05) is 135 Å². The fraction of sp³-hybridized carbons (Fsp3) is 0.571. The molecule has 0 aliphatic carbocycles. The minimum atomic E-state index is -5.08. The van der Waals surface area contributed by atoms with Crippen molar-refractivity contribution in [2.75, 3.05) is 26.4 Å². The number of unbranched alkanes of at least 4 members (excludes halogenated alkanes) is 3. The number of rotatable bonds is 36. The molecule has 0 aromatic rings. The third-order valence-electron chi connectivity index (χ3n) is 9.08. The summed E-state index contributed by atoms with van der Waals surface area (Å²) in [4.78, 5) is 12.8. The monoisotopic (exact) mass is 889 g/mol. The van der Waals surface area contributed by atoms with E-state index in [1.165, 1.54) is 0 Å². The summed E-state index contributed by atoms with van der Waals surface area (Å²) in [5.41, 5.74) is 0. The van der Waals surface area contributed by atoms with Crippen LogP contribution in [0.5, 0.6) is 0 Å². The maximum Gasteiger partial charge on any atom is 0.397 e. The molecular weight excluding hydrogens is 813 g/mol. The Morgan fingerprint density at radius 2 is 1.05 bits per heavy atom. The lowest BCUT2D eigenvalue weighted by molar-refractivity contribution is -0.301. The van der Waals surface area contributed by atoms with Crippen LogP contribution >= 0.6 is 0 Å². The van der Waals surface area contributed by atoms with Gasteiger partial charge in [0.05, 0.1) is 19.8 Å². The quantitative estimate of drug-likeness (QED) is 0.0203. The third kappa shape index (κ3) is 32.2. The molecule has 13 heteroatoms. The van der Waals surface area contributed by atoms with Crippen molar-refractivity contribution in [1.29, 1.82) is 0 Å². The topological polar surface area (TPSA) is 178 Å². The zero-order valence-electron chi connectivity index (χ0n) is 37.1. The van der Waals surface area contributed by atoms with Gasteiger partial charge in [-0.15, -0.1) is 0 Å². The van der Waals surface area contributed by atoms with Crippen molar-refractivity contribution in [3.63, 3.8) is 0 Å². The van der Waals surface area contributed by atoms with Gasteiger partial charge in [-0.2, -0.15) is 8.42 Å². The Morgan fingerprint density at radius 3 is 1.48 bits per heavy atom. The van der Waals surface area contributed by atoms with Gasteiger partial charge in [-0.05, 0) is 96.3 Å². The van der Waals surface area contributed by atoms with Crippen molar-refractivity contribution in [2.24, 2.45) is 0 Å². The maximum atomic E-state index is 12.8. The Morgan fingerprint density at radius 1 is 0.613 bits per heavy atom. The highest BCUT2D eigenvalue weighted by Gasteiger charge is 2.48. The van der Waals surface area contributed by atoms with E-state index in [9.17, 15) is 28.5 Å². The fourth-order valence-corrected chi connectivity index (χ4v) is 6.30. The van der Waals surface area contributed by atoms with Crippen molar-refractivity contribution in [3.05, 3.63) is 122 Å². The third-order valence-corrected chi connectivity index (χ3v) is 9.54. The average molecular weight is 889 g/mol. The molecule has 0 saturated carbocycles. The lowest BCUT2D eigenvalue weighted by atomic mass is 9.99. The fourth-order valence-electron chi connectivity index (χ4n) is 5.79. The molecular formula is C49H76O12S. The maximum absolute atomic E-state index is 12.8. The predicted molar refractivity (Wildman–Crippen MR) is 247 cm³/mol. The Labute approximate surface area is 372 Å². The van der Waals surface area contributed by atoms with E-state index < -0.39 is 59.8 Å². The van der Waals surface area contributed by atoms with Gasteiger partial charge in [0, 0.05) is 13.0 Å². The molecule has 0 radical (unpaired) electrons. The van der Waals surface area contributed by atoms with Crippen LogP contribution < -0.4 is 0 Å². The molecule has 12 nitrogen and oxygen atoms in total. The molecule has 0 aromatic heterocycles. The molecule has 6 unspecified atom stereocenters. The Kier molecular flexibility index (Phi) is 35.7. The SMILES string of the molecule is CC/C=C\C/C=C\C/C=C\C/C=C\C/C=C\C/C=C\CCCOCC(COC1OC(CO)C(O)C(OS(=O)(=O)O)C1O)OC(=O)CCCC/C=C\C/C=C\C/C=C\C/C=C\CC. The van der Waals surface area contributed by atoms with E-state index in [-0.39, 0.29) is 19.6 Å². The zero-order valence-corrected chi connectivity index (χ0v) is 37.9. The highest BCUT2D eigenvalue weighted by atomic mass is 32.3. The van der Waals surface area contributed by atoms with Gasteiger partial charge >= 0.3 is 16.4 Å². The first-order chi connectivity index (χ1) is 30.1. The summed E-state index contributed by atoms with van der Waals surface area (Å²) in [7, 11) is -5.08. The van der Waals surface area contributed by atoms with E-state index in [1.54, 1.807) is 0 Å². The number of hydrogen-bond donors (Lipinski definition) is 4. The van der Waals surface area contributed by atoms with Gasteiger partial charge in [0.25, 0.3) is 0 Å². The largest absolute Gasteiger partial charge is 0.457 e. The Hall–Kier alpha value is -3.50. The number of aliphatic hydroxyl groups is 3. The summed E-state index contributed by atoms with van der Waals surface area (Å²) >= 11 is 0. The number of aliphatic hydroxyl groups excluding tert-OH is 3. The van der Waals surface area contributed by atoms with E-state index in [0.717, 1.165) is 89.9 Å². The van der Waals surface area contributed by atoms with Crippen LogP contribution in [-0.4, -0.2) is 97.5 Å². The minimum Gasteiger partial charge on any atom is -0.457 e. The smallest absolute Gasteiger partial charge is 0.397 e. The normalized spacial score (nSPS) is 21.2. The van der Waals surface area contributed by atoms with Gasteiger partial charge in [0.1, 0.15) is 30.5 Å². The second kappa shape index (κ2) is 39.1. The minimum absolute atomic E-state index is 0.0305. The number of hydrogen-bond acceptors (Lipinski definition) is 11. The highest BCUT2D eigenvalue weighted by molar-refractivity contribution is 7.80. The number of carbonyl (C=O) groups is 1. The van der Waals surface area contributed by atoms with Crippen LogP contribution in [0.15, 0.2) is 122 Å². The van der Waals surface area contributed by atoms with E-state index in [0.29, 0.717) is 13.0 Å². The summed E-state index contributed by atoms with van der Waals surface area (Å²) in [6.45, 7) is 3.51. The second-order valence-electron chi connectivity index (χ2n) is 14.5. The number of allylic oxidation sites excluding steroid dienone is 20. The van der Waals surface area contributed by atoms with Crippen LogP contribution in [0, 0.1) is 0 Å². The van der Waals surface area contributed by atoms with Crippen LogP contribution in [0.2, 0.25) is 0 Å². The van der Waals surface area contributed by atoms with Crippen LogP contribution in [0.25, 0.3) is 0 Å². The molecule has 1 heterocycles. The molecule has 4 N–H and O–H groups in total. The van der Waals surface area contributed by atoms with Crippen LogP contribution in [-0.2, 0) is 38.3 Å². The molecule has 6 atom stereocenters. The lowest BCUT2D eigenvalue weighted by Crippen LogP contribution is -2.60. The zero-order chi connectivity index (χ0) is 45.4. The van der Waals surface area contributed by atoms with Gasteiger partial charge in [0.2, 0.25) is 0 Å². The van der Waals surface area contributed by atoms with Gasteiger partial charge in [0.15, 0.2) is 6.29 Å². The van der Waals surface area contributed by atoms with Gasteiger partial charge in [-0.3, -0.25) is 9.35 Å². The molecule has 1 aliphatic heterocycles. The second-order valence-corrected chi connectivity index (χ2v) is 15.6. The van der Waals surface area contributed by atoms with E-state index in [2.05, 4.69) is 140 Å². The van der Waals surface area contributed by atoms with E-state index >= 15 is 0 Å². The predicted octanol–water partition coefficient (Wildman–Crippen LogP) is 9.40. The van der Waals surface area contributed by atoms with Crippen LogP contribution in [0.1, 0.15) is 117 Å². The Balaban J connectivity index is 2.53. The number of esters is 1. The summed E-state index contributed by atoms with van der Waals surface area (Å²) in [5, 5.41) is 30.6. The van der Waals surface area contributed by atoms with E-state index in [4.69, 9.17) is 23.5 Å². The van der Waals surface area contributed by atoms with Crippen molar-refractivity contribution >= 4 is 16.4 Å². The number of ether oxygens (including phenoxy) is 4. The highest BCUT2D eigenvalue weighted by Crippen LogP contribution is 2.26. The molecule has 0 amide bonds. The first-order valence-electron chi connectivity index (χ1n) is 22.3.